The van der Waals surface area contributed by atoms with Gasteiger partial charge in [-0.25, -0.2) is 0 Å². The van der Waals surface area contributed by atoms with Gasteiger partial charge < -0.3 is 16.2 Å². The summed E-state index contributed by atoms with van der Waals surface area (Å²) in [5, 5.41) is 12.1. The molecule has 0 saturated carbocycles. The molecule has 0 radical (unpaired) electrons. The van der Waals surface area contributed by atoms with Crippen LogP contribution in [0.1, 0.15) is 0 Å². The maximum absolute atomic E-state index is 9.04. The molecule has 0 aliphatic carbocycles. The lowest BCUT2D eigenvalue weighted by Crippen LogP contribution is -2.12. The minimum absolute atomic E-state index is 0.270. The number of nitrogens with one attached hydrogen (secondary N) is 1. The van der Waals surface area contributed by atoms with E-state index in [9.17, 15) is 0 Å². The summed E-state index contributed by atoms with van der Waals surface area (Å²) >= 11 is 0. The van der Waals surface area contributed by atoms with E-state index in [4.69, 9.17) is 10.8 Å². The van der Waals surface area contributed by atoms with Gasteiger partial charge in [0, 0.05) is 24.8 Å². The van der Waals surface area contributed by atoms with Gasteiger partial charge in [0.1, 0.15) is 5.75 Å². The first-order valence-corrected chi connectivity index (χ1v) is 3.56. The quantitative estimate of drug-likeness (QED) is 0.599. The zero-order chi connectivity index (χ0) is 8.10. The Morgan fingerprint density at radius 3 is 2.91 bits per heavy atom. The van der Waals surface area contributed by atoms with Crippen LogP contribution >= 0.6 is 0 Å². The fourth-order valence-electron chi connectivity index (χ4n) is 0.832. The highest BCUT2D eigenvalue weighted by atomic mass is 16.3. The van der Waals surface area contributed by atoms with Crippen molar-refractivity contribution in [3.05, 3.63) is 24.3 Å². The molecule has 1 aromatic carbocycles. The van der Waals surface area contributed by atoms with Crippen LogP contribution in [0.15, 0.2) is 24.3 Å². The third kappa shape index (κ3) is 2.47. The Bertz CT molecular complexity index is 225. The molecule has 1 aromatic rings. The van der Waals surface area contributed by atoms with Gasteiger partial charge in [-0.05, 0) is 12.1 Å². The summed E-state index contributed by atoms with van der Waals surface area (Å²) in [6.07, 6.45) is 0. The number of phenols is 1. The number of hydrogen-bond acceptors (Lipinski definition) is 3. The minimum atomic E-state index is 0.270. The summed E-state index contributed by atoms with van der Waals surface area (Å²) in [7, 11) is 0. The van der Waals surface area contributed by atoms with Crippen molar-refractivity contribution in [3.8, 4) is 5.75 Å². The molecule has 0 atom stereocenters. The Balaban J connectivity index is 2.56. The zero-order valence-corrected chi connectivity index (χ0v) is 6.25. The van der Waals surface area contributed by atoms with Crippen LogP contribution in [0.3, 0.4) is 0 Å². The molecule has 4 N–H and O–H groups in total. The molecule has 11 heavy (non-hydrogen) atoms. The first-order valence-electron chi connectivity index (χ1n) is 3.56. The second kappa shape index (κ2) is 3.83. The van der Waals surface area contributed by atoms with Crippen molar-refractivity contribution in [2.45, 2.75) is 0 Å². The molecule has 0 fully saturated rings. The number of benzene rings is 1. The first-order chi connectivity index (χ1) is 5.33. The molecule has 0 spiro atoms. The molecule has 3 nitrogen and oxygen atoms in total. The van der Waals surface area contributed by atoms with Crippen LogP contribution in [0, 0.1) is 0 Å². The average Bonchev–Trinajstić information content (AvgIpc) is 2.01. The Labute approximate surface area is 65.8 Å². The van der Waals surface area contributed by atoms with Gasteiger partial charge in [0.05, 0.1) is 0 Å². The van der Waals surface area contributed by atoms with E-state index in [1.54, 1.807) is 18.2 Å². The van der Waals surface area contributed by atoms with Gasteiger partial charge in [-0.1, -0.05) is 6.07 Å². The summed E-state index contributed by atoms with van der Waals surface area (Å²) in [5.41, 5.74) is 6.19. The van der Waals surface area contributed by atoms with Crippen LogP contribution in [0.25, 0.3) is 0 Å². The number of aromatic hydroxyl groups is 1. The highest BCUT2D eigenvalue weighted by Crippen LogP contribution is 2.14. The fraction of sp³-hybridized carbons (Fsp3) is 0.250. The second-order valence-corrected chi connectivity index (χ2v) is 2.27. The van der Waals surface area contributed by atoms with Crippen molar-refractivity contribution in [1.29, 1.82) is 0 Å². The highest BCUT2D eigenvalue weighted by Gasteiger charge is 1.90. The molecule has 0 heterocycles. The van der Waals surface area contributed by atoms with Gasteiger partial charge in [0.15, 0.2) is 0 Å². The molecule has 0 amide bonds. The van der Waals surface area contributed by atoms with Gasteiger partial charge in [-0.2, -0.15) is 0 Å². The van der Waals surface area contributed by atoms with Gasteiger partial charge in [0.2, 0.25) is 0 Å². The summed E-state index contributed by atoms with van der Waals surface area (Å²) in [6.45, 7) is 1.32. The van der Waals surface area contributed by atoms with Crippen LogP contribution in [0.4, 0.5) is 5.69 Å². The standard InChI is InChI=1S/C8H12N2O/c9-4-5-10-7-2-1-3-8(11)6-7/h1-3,6,10-11H,4-5,9H2. The summed E-state index contributed by atoms with van der Waals surface area (Å²) in [5.74, 6) is 0.270. The predicted octanol–water partition coefficient (Wildman–Crippen LogP) is 0.763. The molecule has 0 unspecified atom stereocenters. The van der Waals surface area contributed by atoms with E-state index < -0.39 is 0 Å². The Morgan fingerprint density at radius 2 is 2.27 bits per heavy atom. The normalized spacial score (nSPS) is 9.55. The van der Waals surface area contributed by atoms with Gasteiger partial charge in [0.25, 0.3) is 0 Å². The molecule has 0 aromatic heterocycles. The summed E-state index contributed by atoms with van der Waals surface area (Å²) < 4.78 is 0. The maximum atomic E-state index is 9.04. The van der Waals surface area contributed by atoms with E-state index in [1.165, 1.54) is 0 Å². The molecular weight excluding hydrogens is 140 g/mol. The predicted molar refractivity (Wildman–Crippen MR) is 45.7 cm³/mol. The second-order valence-electron chi connectivity index (χ2n) is 2.27. The molecule has 60 valence electrons. The van der Waals surface area contributed by atoms with E-state index >= 15 is 0 Å². The molecular formula is C8H12N2O. The highest BCUT2D eigenvalue weighted by molar-refractivity contribution is 5.47. The smallest absolute Gasteiger partial charge is 0.117 e. The van der Waals surface area contributed by atoms with Gasteiger partial charge in [-0.15, -0.1) is 0 Å². The Kier molecular flexibility index (Phi) is 2.74. The van der Waals surface area contributed by atoms with Crippen molar-refractivity contribution in [3.63, 3.8) is 0 Å². The number of nitrogens with two attached hydrogens (primary N) is 1. The van der Waals surface area contributed by atoms with E-state index in [-0.39, 0.29) is 5.75 Å². The molecule has 0 saturated heterocycles. The number of rotatable bonds is 3. The van der Waals surface area contributed by atoms with Gasteiger partial charge >= 0.3 is 0 Å². The van der Waals surface area contributed by atoms with Crippen LogP contribution in [0.5, 0.6) is 5.75 Å². The SMILES string of the molecule is NCCNc1cccc(O)c1. The monoisotopic (exact) mass is 152 g/mol. The lowest BCUT2D eigenvalue weighted by Gasteiger charge is -2.03. The van der Waals surface area contributed by atoms with Crippen molar-refractivity contribution >= 4 is 5.69 Å². The molecule has 0 bridgehead atoms. The molecule has 0 aliphatic rings. The average molecular weight is 152 g/mol. The first kappa shape index (κ1) is 7.88. The van der Waals surface area contributed by atoms with Crippen molar-refractivity contribution in [1.82, 2.24) is 0 Å². The number of phenolic OH excluding ortho intramolecular Hbond substituents is 1. The lowest BCUT2D eigenvalue weighted by molar-refractivity contribution is 0.475. The van der Waals surface area contributed by atoms with Crippen LogP contribution in [-0.4, -0.2) is 18.2 Å². The number of anilines is 1. The van der Waals surface area contributed by atoms with Crippen LogP contribution in [0.2, 0.25) is 0 Å². The Hall–Kier alpha value is -1.22. The van der Waals surface area contributed by atoms with Crippen molar-refractivity contribution in [2.24, 2.45) is 5.73 Å². The summed E-state index contributed by atoms with van der Waals surface area (Å²) in [4.78, 5) is 0. The van der Waals surface area contributed by atoms with Gasteiger partial charge in [-0.3, -0.25) is 0 Å². The van der Waals surface area contributed by atoms with Crippen LogP contribution < -0.4 is 11.1 Å². The molecule has 0 aliphatic heterocycles. The van der Waals surface area contributed by atoms with E-state index in [1.807, 2.05) is 6.07 Å². The Morgan fingerprint density at radius 1 is 1.45 bits per heavy atom. The van der Waals surface area contributed by atoms with E-state index in [0.29, 0.717) is 6.54 Å². The molecule has 3 heteroatoms. The third-order valence-corrected chi connectivity index (χ3v) is 1.32. The maximum Gasteiger partial charge on any atom is 0.117 e. The summed E-state index contributed by atoms with van der Waals surface area (Å²) in [6, 6.07) is 6.97. The fourth-order valence-corrected chi connectivity index (χ4v) is 0.832. The van der Waals surface area contributed by atoms with Crippen molar-refractivity contribution in [2.75, 3.05) is 18.4 Å². The minimum Gasteiger partial charge on any atom is -0.508 e. The third-order valence-electron chi connectivity index (χ3n) is 1.32. The van der Waals surface area contributed by atoms with Crippen molar-refractivity contribution < 1.29 is 5.11 Å². The van der Waals surface area contributed by atoms with E-state index in [0.717, 1.165) is 12.2 Å². The largest absolute Gasteiger partial charge is 0.508 e. The lowest BCUT2D eigenvalue weighted by atomic mass is 10.3. The zero-order valence-electron chi connectivity index (χ0n) is 6.25. The molecule has 1 rings (SSSR count). The van der Waals surface area contributed by atoms with E-state index in [2.05, 4.69) is 5.32 Å². The number of hydrogen-bond donors (Lipinski definition) is 3. The van der Waals surface area contributed by atoms with Crippen LogP contribution in [-0.2, 0) is 0 Å². The topological polar surface area (TPSA) is 58.3 Å².